The van der Waals surface area contributed by atoms with Crippen LogP contribution in [0.1, 0.15) is 27.2 Å². The summed E-state index contributed by atoms with van der Waals surface area (Å²) < 4.78 is 0. The second kappa shape index (κ2) is 7.50. The fourth-order valence-corrected chi connectivity index (χ4v) is 1.10. The summed E-state index contributed by atoms with van der Waals surface area (Å²) in [5.41, 5.74) is 0. The molecular weight excluding hydrogens is 180 g/mol. The normalized spacial score (nSPS) is 10.3. The largest absolute Gasteiger partial charge is 0.355 e. The molecule has 0 aliphatic rings. The van der Waals surface area contributed by atoms with Gasteiger partial charge >= 0.3 is 0 Å². The van der Waals surface area contributed by atoms with Gasteiger partial charge in [-0.25, -0.2) is 0 Å². The number of nitrogens with zero attached hydrogens (tertiary/aromatic N) is 1. The number of hydrogen-bond acceptors (Lipinski definition) is 3. The highest BCUT2D eigenvalue weighted by Gasteiger charge is 2.10. The lowest BCUT2D eigenvalue weighted by Gasteiger charge is -2.18. The minimum atomic E-state index is -0.0155. The summed E-state index contributed by atoms with van der Waals surface area (Å²) in [7, 11) is 0. The predicted octanol–water partition coefficient (Wildman–Crippen LogP) is 0.423. The van der Waals surface area contributed by atoms with Crippen molar-refractivity contribution in [3.63, 3.8) is 0 Å². The third kappa shape index (κ3) is 5.70. The van der Waals surface area contributed by atoms with Gasteiger partial charge in [0.1, 0.15) is 5.78 Å². The summed E-state index contributed by atoms with van der Waals surface area (Å²) in [5, 5.41) is 2.71. The molecule has 0 spiro atoms. The fraction of sp³-hybridized carbons (Fsp3) is 0.800. The first-order valence-corrected chi connectivity index (χ1v) is 5.14. The van der Waals surface area contributed by atoms with E-state index in [-0.39, 0.29) is 11.7 Å². The minimum absolute atomic E-state index is 0.0155. The van der Waals surface area contributed by atoms with E-state index < -0.39 is 0 Å². The smallest absolute Gasteiger partial charge is 0.234 e. The van der Waals surface area contributed by atoms with Crippen LogP contribution in [0.25, 0.3) is 0 Å². The number of hydrogen-bond donors (Lipinski definition) is 1. The molecule has 0 aromatic rings. The zero-order valence-corrected chi connectivity index (χ0v) is 9.30. The molecule has 14 heavy (non-hydrogen) atoms. The Bertz CT molecular complexity index is 193. The van der Waals surface area contributed by atoms with E-state index in [2.05, 4.69) is 5.32 Å². The minimum Gasteiger partial charge on any atom is -0.355 e. The van der Waals surface area contributed by atoms with Crippen LogP contribution in [0.15, 0.2) is 0 Å². The molecule has 1 N–H and O–H groups in total. The Balaban J connectivity index is 3.89. The molecule has 0 aromatic heterocycles. The van der Waals surface area contributed by atoms with Gasteiger partial charge in [-0.2, -0.15) is 0 Å². The molecule has 0 fully saturated rings. The van der Waals surface area contributed by atoms with Crippen molar-refractivity contribution in [1.29, 1.82) is 0 Å². The van der Waals surface area contributed by atoms with Crippen LogP contribution >= 0.6 is 0 Å². The first-order valence-electron chi connectivity index (χ1n) is 5.14. The van der Waals surface area contributed by atoms with Gasteiger partial charge < -0.3 is 5.32 Å². The molecule has 0 aromatic carbocycles. The van der Waals surface area contributed by atoms with Crippen LogP contribution in [0, 0.1) is 0 Å². The molecule has 0 atom stereocenters. The van der Waals surface area contributed by atoms with Gasteiger partial charge in [0, 0.05) is 13.0 Å². The summed E-state index contributed by atoms with van der Waals surface area (Å²) in [6.07, 6.45) is 0.534. The number of rotatable bonds is 7. The van der Waals surface area contributed by atoms with Gasteiger partial charge in [-0.15, -0.1) is 0 Å². The van der Waals surface area contributed by atoms with Gasteiger partial charge in [-0.3, -0.25) is 14.5 Å². The van der Waals surface area contributed by atoms with Crippen LogP contribution in [0.4, 0.5) is 0 Å². The lowest BCUT2D eigenvalue weighted by molar-refractivity contribution is -0.124. The van der Waals surface area contributed by atoms with Gasteiger partial charge in [-0.1, -0.05) is 13.8 Å². The van der Waals surface area contributed by atoms with Crippen molar-refractivity contribution in [2.24, 2.45) is 0 Å². The third-order valence-corrected chi connectivity index (χ3v) is 1.98. The Kier molecular flexibility index (Phi) is 7.02. The van der Waals surface area contributed by atoms with Gasteiger partial charge in [0.2, 0.25) is 5.91 Å². The molecule has 0 rings (SSSR count). The van der Waals surface area contributed by atoms with Crippen molar-refractivity contribution in [1.82, 2.24) is 10.2 Å². The highest BCUT2D eigenvalue weighted by molar-refractivity contribution is 5.82. The average Bonchev–Trinajstić information content (AvgIpc) is 2.16. The average molecular weight is 200 g/mol. The molecule has 1 amide bonds. The van der Waals surface area contributed by atoms with E-state index in [0.29, 0.717) is 26.1 Å². The molecule has 0 radical (unpaired) electrons. The Labute approximate surface area is 85.7 Å². The van der Waals surface area contributed by atoms with E-state index in [1.165, 1.54) is 0 Å². The van der Waals surface area contributed by atoms with E-state index in [9.17, 15) is 9.59 Å². The monoisotopic (exact) mass is 200 g/mol. The Morgan fingerprint density at radius 3 is 2.21 bits per heavy atom. The number of Topliss-reactive ketones (excluding diaryl/α,β-unsaturated/α-hetero) is 1. The zero-order valence-electron chi connectivity index (χ0n) is 9.30. The molecule has 0 saturated heterocycles. The first kappa shape index (κ1) is 13.1. The predicted molar refractivity (Wildman–Crippen MR) is 56.1 cm³/mol. The molecule has 0 saturated carbocycles. The molecule has 0 heterocycles. The van der Waals surface area contributed by atoms with Crippen LogP contribution in [0.5, 0.6) is 0 Å². The van der Waals surface area contributed by atoms with Gasteiger partial charge in [0.15, 0.2) is 0 Å². The standard InChI is InChI=1S/C10H20N2O2/c1-4-9(13)7-12(6-3)8-10(14)11-5-2/h4-8H2,1-3H3,(H,11,14). The summed E-state index contributed by atoms with van der Waals surface area (Å²) in [6.45, 7) is 7.72. The second-order valence-corrected chi connectivity index (χ2v) is 3.15. The van der Waals surface area contributed by atoms with Crippen molar-refractivity contribution in [2.45, 2.75) is 27.2 Å². The molecule has 0 bridgehead atoms. The highest BCUT2D eigenvalue weighted by atomic mass is 16.2. The number of nitrogens with one attached hydrogen (secondary N) is 1. The second-order valence-electron chi connectivity index (χ2n) is 3.15. The van der Waals surface area contributed by atoms with Crippen molar-refractivity contribution >= 4 is 11.7 Å². The summed E-state index contributed by atoms with van der Waals surface area (Å²) in [5.74, 6) is 0.161. The van der Waals surface area contributed by atoms with Crippen LogP contribution in [-0.2, 0) is 9.59 Å². The van der Waals surface area contributed by atoms with E-state index >= 15 is 0 Å². The fourth-order valence-electron chi connectivity index (χ4n) is 1.10. The van der Waals surface area contributed by atoms with Gasteiger partial charge in [0.25, 0.3) is 0 Å². The first-order chi connectivity index (χ1) is 6.63. The van der Waals surface area contributed by atoms with Crippen LogP contribution < -0.4 is 5.32 Å². The van der Waals surface area contributed by atoms with Crippen molar-refractivity contribution < 1.29 is 9.59 Å². The Hall–Kier alpha value is -0.900. The van der Waals surface area contributed by atoms with Crippen molar-refractivity contribution in [3.05, 3.63) is 0 Å². The van der Waals surface area contributed by atoms with Crippen molar-refractivity contribution in [2.75, 3.05) is 26.2 Å². The number of amides is 1. The van der Waals surface area contributed by atoms with E-state index in [0.717, 1.165) is 6.54 Å². The zero-order chi connectivity index (χ0) is 11.0. The van der Waals surface area contributed by atoms with E-state index in [1.807, 2.05) is 25.7 Å². The molecule has 0 unspecified atom stereocenters. The molecule has 0 aliphatic carbocycles. The summed E-state index contributed by atoms with van der Waals surface area (Å²) in [4.78, 5) is 24.2. The Morgan fingerprint density at radius 2 is 1.79 bits per heavy atom. The number of carbonyl (C=O) groups is 2. The maximum Gasteiger partial charge on any atom is 0.234 e. The number of ketones is 1. The quantitative estimate of drug-likeness (QED) is 0.648. The number of carbonyl (C=O) groups excluding carboxylic acids is 2. The third-order valence-electron chi connectivity index (χ3n) is 1.98. The number of likely N-dealkylation sites (N-methyl/N-ethyl adjacent to an activating group) is 2. The molecular formula is C10H20N2O2. The SMILES string of the molecule is CCNC(=O)CN(CC)CC(=O)CC. The van der Waals surface area contributed by atoms with Gasteiger partial charge in [-0.05, 0) is 13.5 Å². The Morgan fingerprint density at radius 1 is 1.14 bits per heavy atom. The maximum atomic E-state index is 11.2. The van der Waals surface area contributed by atoms with Crippen molar-refractivity contribution in [3.8, 4) is 0 Å². The molecule has 82 valence electrons. The lowest BCUT2D eigenvalue weighted by Crippen LogP contribution is -2.39. The van der Waals surface area contributed by atoms with Gasteiger partial charge in [0.05, 0.1) is 13.1 Å². The molecule has 4 nitrogen and oxygen atoms in total. The summed E-state index contributed by atoms with van der Waals surface area (Å²) >= 11 is 0. The van der Waals surface area contributed by atoms with E-state index in [4.69, 9.17) is 0 Å². The lowest BCUT2D eigenvalue weighted by atomic mass is 10.3. The summed E-state index contributed by atoms with van der Waals surface area (Å²) in [6, 6.07) is 0. The maximum absolute atomic E-state index is 11.2. The molecule has 4 heteroatoms. The molecule has 0 aliphatic heterocycles. The highest BCUT2D eigenvalue weighted by Crippen LogP contribution is 1.91. The topological polar surface area (TPSA) is 49.4 Å². The van der Waals surface area contributed by atoms with E-state index in [1.54, 1.807) is 0 Å². The van der Waals surface area contributed by atoms with Crippen LogP contribution in [0.3, 0.4) is 0 Å². The van der Waals surface area contributed by atoms with Crippen LogP contribution in [0.2, 0.25) is 0 Å². The van der Waals surface area contributed by atoms with Crippen LogP contribution in [-0.4, -0.2) is 42.8 Å².